The smallest absolute Gasteiger partial charge is 0.302 e. The van der Waals surface area contributed by atoms with Gasteiger partial charge in [0.2, 0.25) is 0 Å². The SMILES string of the molecule is CC(=O)OC[C@H](C)CC[C@H](C)[C@H](C)[C@H]1[C@@H](C)C[C@H]2[C@@H]3CC=C4C[C@H](OC(C)=O)CC[C@]4(C)[C@H]3CC[C@]12C. The molecule has 0 N–H and O–H groups in total. The van der Waals surface area contributed by atoms with Gasteiger partial charge in [0.1, 0.15) is 6.10 Å². The van der Waals surface area contributed by atoms with E-state index < -0.39 is 0 Å². The fraction of sp³-hybridized carbons (Fsp3) is 0.879. The summed E-state index contributed by atoms with van der Waals surface area (Å²) in [7, 11) is 0. The van der Waals surface area contributed by atoms with Crippen molar-refractivity contribution in [2.45, 2.75) is 119 Å². The largest absolute Gasteiger partial charge is 0.466 e. The van der Waals surface area contributed by atoms with Gasteiger partial charge in [-0.25, -0.2) is 0 Å². The number of esters is 2. The summed E-state index contributed by atoms with van der Waals surface area (Å²) in [4.78, 5) is 22.8. The summed E-state index contributed by atoms with van der Waals surface area (Å²) in [6.45, 7) is 18.6. The van der Waals surface area contributed by atoms with Crippen LogP contribution in [0.15, 0.2) is 11.6 Å². The highest BCUT2D eigenvalue weighted by Crippen LogP contribution is 2.68. The predicted octanol–water partition coefficient (Wildman–Crippen LogP) is 7.99. The summed E-state index contributed by atoms with van der Waals surface area (Å²) in [5.41, 5.74) is 2.32. The van der Waals surface area contributed by atoms with Crippen LogP contribution in [0.5, 0.6) is 0 Å². The molecule has 0 spiro atoms. The Morgan fingerprint density at radius 2 is 1.76 bits per heavy atom. The van der Waals surface area contributed by atoms with Crippen LogP contribution in [0.3, 0.4) is 0 Å². The number of hydrogen-bond acceptors (Lipinski definition) is 4. The number of carbonyl (C=O) groups is 2. The average Bonchev–Trinajstić information content (AvgIpc) is 3.10. The molecule has 4 aliphatic rings. The van der Waals surface area contributed by atoms with Crippen molar-refractivity contribution < 1.29 is 19.1 Å². The van der Waals surface area contributed by atoms with Crippen molar-refractivity contribution in [3.63, 3.8) is 0 Å². The van der Waals surface area contributed by atoms with Gasteiger partial charge in [0.15, 0.2) is 0 Å². The molecule has 0 bridgehead atoms. The van der Waals surface area contributed by atoms with Gasteiger partial charge < -0.3 is 9.47 Å². The molecule has 0 radical (unpaired) electrons. The number of rotatable bonds is 8. The van der Waals surface area contributed by atoms with E-state index in [2.05, 4.69) is 47.6 Å². The topological polar surface area (TPSA) is 52.6 Å². The molecule has 0 saturated heterocycles. The first-order valence-electron chi connectivity index (χ1n) is 15.4. The Morgan fingerprint density at radius 1 is 1.03 bits per heavy atom. The Labute approximate surface area is 226 Å². The lowest BCUT2D eigenvalue weighted by Gasteiger charge is -2.58. The van der Waals surface area contributed by atoms with E-state index in [4.69, 9.17) is 9.47 Å². The van der Waals surface area contributed by atoms with Gasteiger partial charge in [0.05, 0.1) is 6.61 Å². The number of allylic oxidation sites excluding steroid dienone is 1. The average molecular weight is 515 g/mol. The van der Waals surface area contributed by atoms with E-state index in [9.17, 15) is 9.59 Å². The normalized spacial score (nSPS) is 41.4. The second-order valence-electron chi connectivity index (χ2n) is 14.3. The summed E-state index contributed by atoms with van der Waals surface area (Å²) < 4.78 is 10.9. The van der Waals surface area contributed by atoms with Crippen LogP contribution in [0, 0.1) is 58.2 Å². The van der Waals surface area contributed by atoms with Gasteiger partial charge in [-0.15, -0.1) is 0 Å². The quantitative estimate of drug-likeness (QED) is 0.243. The number of carbonyl (C=O) groups excluding carboxylic acids is 2. The second kappa shape index (κ2) is 11.0. The van der Waals surface area contributed by atoms with E-state index in [1.807, 2.05) is 0 Å². The van der Waals surface area contributed by atoms with Crippen LogP contribution >= 0.6 is 0 Å². The molecule has 0 aromatic heterocycles. The van der Waals surface area contributed by atoms with Crippen molar-refractivity contribution in [1.29, 1.82) is 0 Å². The fourth-order valence-corrected chi connectivity index (χ4v) is 9.99. The third kappa shape index (κ3) is 5.55. The third-order valence-electron chi connectivity index (χ3n) is 12.0. The lowest BCUT2D eigenvalue weighted by molar-refractivity contribution is -0.148. The van der Waals surface area contributed by atoms with Gasteiger partial charge in [-0.2, -0.15) is 0 Å². The van der Waals surface area contributed by atoms with E-state index >= 15 is 0 Å². The summed E-state index contributed by atoms with van der Waals surface area (Å²) >= 11 is 0. The van der Waals surface area contributed by atoms with E-state index in [1.165, 1.54) is 45.4 Å². The fourth-order valence-electron chi connectivity index (χ4n) is 9.99. The summed E-state index contributed by atoms with van der Waals surface area (Å²) in [5, 5.41) is 0. The standard InChI is InChI=1S/C33H54O4/c1-20(19-36-24(5)34)9-10-21(2)23(4)31-22(3)17-30-28-12-11-26-18-27(37-25(6)35)13-15-32(26,7)29(28)14-16-33(30,31)8/h11,20-23,27-31H,9-10,12-19H2,1-8H3/t20-,21+,22+,23+,27-,28-,29+,30+,31-,32+,33+/m1/s1. The van der Waals surface area contributed by atoms with Crippen molar-refractivity contribution in [3.8, 4) is 0 Å². The minimum atomic E-state index is -0.168. The number of ether oxygens (including phenoxy) is 2. The molecule has 4 aliphatic carbocycles. The molecule has 11 atom stereocenters. The highest BCUT2D eigenvalue weighted by molar-refractivity contribution is 5.66. The first-order chi connectivity index (χ1) is 17.4. The number of hydrogen-bond donors (Lipinski definition) is 0. The van der Waals surface area contributed by atoms with Gasteiger partial charge >= 0.3 is 11.9 Å². The second-order valence-corrected chi connectivity index (χ2v) is 14.3. The maximum Gasteiger partial charge on any atom is 0.302 e. The van der Waals surface area contributed by atoms with Crippen LogP contribution in [0.25, 0.3) is 0 Å². The highest BCUT2D eigenvalue weighted by atomic mass is 16.5. The minimum Gasteiger partial charge on any atom is -0.466 e. The molecule has 3 fully saturated rings. The first kappa shape index (κ1) is 28.7. The van der Waals surface area contributed by atoms with Crippen LogP contribution in [0.2, 0.25) is 0 Å². The van der Waals surface area contributed by atoms with Crippen LogP contribution in [-0.4, -0.2) is 24.6 Å². The Hall–Kier alpha value is -1.32. The van der Waals surface area contributed by atoms with Crippen molar-refractivity contribution >= 4 is 11.9 Å². The summed E-state index contributed by atoms with van der Waals surface area (Å²) in [6, 6.07) is 0. The van der Waals surface area contributed by atoms with Crippen LogP contribution in [0.4, 0.5) is 0 Å². The molecule has 0 heterocycles. The maximum atomic E-state index is 11.6. The first-order valence-corrected chi connectivity index (χ1v) is 15.4. The summed E-state index contributed by atoms with van der Waals surface area (Å²) in [6.07, 6.45) is 13.5. The Morgan fingerprint density at radius 3 is 2.43 bits per heavy atom. The Balaban J connectivity index is 1.44. The van der Waals surface area contributed by atoms with Crippen LogP contribution in [0.1, 0.15) is 113 Å². The highest BCUT2D eigenvalue weighted by Gasteiger charge is 2.61. The van der Waals surface area contributed by atoms with Gasteiger partial charge in [0.25, 0.3) is 0 Å². The molecule has 37 heavy (non-hydrogen) atoms. The van der Waals surface area contributed by atoms with Crippen molar-refractivity contribution in [2.24, 2.45) is 58.2 Å². The zero-order valence-corrected chi connectivity index (χ0v) is 25.0. The zero-order valence-electron chi connectivity index (χ0n) is 25.0. The molecule has 0 aromatic rings. The van der Waals surface area contributed by atoms with Crippen LogP contribution < -0.4 is 0 Å². The van der Waals surface area contributed by atoms with E-state index in [-0.39, 0.29) is 18.0 Å². The zero-order chi connectivity index (χ0) is 27.1. The minimum absolute atomic E-state index is 0.0807. The lowest BCUT2D eigenvalue weighted by atomic mass is 9.46. The predicted molar refractivity (Wildman–Crippen MR) is 149 cm³/mol. The van der Waals surface area contributed by atoms with E-state index in [0.717, 1.165) is 48.9 Å². The maximum absolute atomic E-state index is 11.6. The van der Waals surface area contributed by atoms with Gasteiger partial charge in [-0.3, -0.25) is 9.59 Å². The monoisotopic (exact) mass is 514 g/mol. The molecule has 210 valence electrons. The molecule has 3 saturated carbocycles. The van der Waals surface area contributed by atoms with Gasteiger partial charge in [0, 0.05) is 20.3 Å². The van der Waals surface area contributed by atoms with Crippen molar-refractivity contribution in [1.82, 2.24) is 0 Å². The molecule has 0 unspecified atom stereocenters. The molecular formula is C33H54O4. The van der Waals surface area contributed by atoms with E-state index in [0.29, 0.717) is 35.2 Å². The molecule has 0 amide bonds. The van der Waals surface area contributed by atoms with Gasteiger partial charge in [-0.05, 0) is 103 Å². The molecule has 0 aromatic carbocycles. The van der Waals surface area contributed by atoms with Crippen molar-refractivity contribution in [3.05, 3.63) is 11.6 Å². The Kier molecular flexibility index (Phi) is 8.56. The third-order valence-corrected chi connectivity index (χ3v) is 12.0. The van der Waals surface area contributed by atoms with Gasteiger partial charge in [-0.1, -0.05) is 59.6 Å². The van der Waals surface area contributed by atoms with Crippen molar-refractivity contribution in [2.75, 3.05) is 6.61 Å². The lowest BCUT2D eigenvalue weighted by Crippen LogP contribution is -2.51. The molecule has 4 heteroatoms. The molecule has 0 aliphatic heterocycles. The molecular weight excluding hydrogens is 460 g/mol. The Bertz CT molecular complexity index is 878. The number of fused-ring (bicyclic) bond motifs is 5. The molecule has 4 nitrogen and oxygen atoms in total. The summed E-state index contributed by atoms with van der Waals surface area (Å²) in [5.74, 6) is 5.50. The van der Waals surface area contributed by atoms with Crippen LogP contribution in [-0.2, 0) is 19.1 Å². The van der Waals surface area contributed by atoms with E-state index in [1.54, 1.807) is 12.5 Å². The molecule has 4 rings (SSSR count).